The molecule has 0 radical (unpaired) electrons. The van der Waals surface area contributed by atoms with Gasteiger partial charge in [-0.05, 0) is 47.9 Å². The normalized spacial score (nSPS) is 14.3. The molecule has 0 saturated carbocycles. The minimum atomic E-state index is -0.0793. The van der Waals surface area contributed by atoms with Crippen molar-refractivity contribution in [2.75, 3.05) is 25.2 Å². The summed E-state index contributed by atoms with van der Waals surface area (Å²) in [4.78, 5) is 18.8. The second-order valence-corrected chi connectivity index (χ2v) is 8.80. The van der Waals surface area contributed by atoms with Gasteiger partial charge in [0.2, 0.25) is 0 Å². The molecule has 0 aliphatic carbocycles. The van der Waals surface area contributed by atoms with Crippen LogP contribution in [-0.2, 0) is 9.53 Å². The van der Waals surface area contributed by atoms with Crippen molar-refractivity contribution in [1.29, 1.82) is 0 Å². The Hall–Kier alpha value is -1.20. The highest BCUT2D eigenvalue weighted by atomic mass is 32.2. The van der Waals surface area contributed by atoms with E-state index in [1.807, 2.05) is 6.21 Å². The Kier molecular flexibility index (Phi) is 10.1. The first-order valence-corrected chi connectivity index (χ1v) is 12.0. The highest BCUT2D eigenvalue weighted by Crippen LogP contribution is 2.30. The van der Waals surface area contributed by atoms with E-state index in [4.69, 9.17) is 4.74 Å². The van der Waals surface area contributed by atoms with Crippen molar-refractivity contribution in [2.45, 2.75) is 55.7 Å². The molecule has 0 aromatic heterocycles. The highest BCUT2D eigenvalue weighted by Gasteiger charge is 2.11. The van der Waals surface area contributed by atoms with E-state index in [0.717, 1.165) is 25.1 Å². The number of ether oxygens (including phenoxy) is 1. The third-order valence-electron chi connectivity index (χ3n) is 4.69. The molecule has 0 N–H and O–H groups in total. The number of allylic oxidation sites excluding steroid dienone is 1. The summed E-state index contributed by atoms with van der Waals surface area (Å²) < 4.78 is 5.50. The number of hydrogen-bond acceptors (Lipinski definition) is 5. The van der Waals surface area contributed by atoms with E-state index < -0.39 is 0 Å². The van der Waals surface area contributed by atoms with Crippen molar-refractivity contribution >= 4 is 41.3 Å². The zero-order valence-corrected chi connectivity index (χ0v) is 18.3. The molecule has 0 amide bonds. The highest BCUT2D eigenvalue weighted by molar-refractivity contribution is 7.99. The van der Waals surface area contributed by atoms with Crippen molar-refractivity contribution in [1.82, 2.24) is 0 Å². The number of rotatable bonds is 12. The van der Waals surface area contributed by atoms with Gasteiger partial charge in [0.15, 0.2) is 0 Å². The molecule has 1 aliphatic heterocycles. The lowest BCUT2D eigenvalue weighted by Crippen LogP contribution is -2.14. The van der Waals surface area contributed by atoms with Crippen LogP contribution in [0.15, 0.2) is 39.1 Å². The molecule has 0 saturated heterocycles. The van der Waals surface area contributed by atoms with Crippen molar-refractivity contribution in [3.05, 3.63) is 29.8 Å². The number of nitrogens with zero attached hydrogens (tertiary/aromatic N) is 1. The quantitative estimate of drug-likeness (QED) is 0.310. The molecule has 0 bridgehead atoms. The van der Waals surface area contributed by atoms with Crippen LogP contribution in [0.2, 0.25) is 0 Å². The lowest BCUT2D eigenvalue weighted by molar-refractivity contribution is -0.144. The molecule has 1 aliphatic rings. The first-order valence-electron chi connectivity index (χ1n) is 9.84. The number of esters is 1. The molecule has 1 heterocycles. The Balaban J connectivity index is 1.81. The van der Waals surface area contributed by atoms with Gasteiger partial charge in [0.25, 0.3) is 0 Å². The predicted molar refractivity (Wildman–Crippen MR) is 119 cm³/mol. The molecule has 5 heteroatoms. The number of carbonyl (C=O) groups excluding carboxylic acids is 1. The summed E-state index contributed by atoms with van der Waals surface area (Å²) in [5, 5.41) is 0. The summed E-state index contributed by atoms with van der Waals surface area (Å²) >= 11 is 3.46. The average molecular weight is 406 g/mol. The lowest BCUT2D eigenvalue weighted by Gasteiger charge is -2.14. The average Bonchev–Trinajstić information content (AvgIpc) is 3.23. The Morgan fingerprint density at radius 1 is 1.26 bits per heavy atom. The van der Waals surface area contributed by atoms with E-state index in [2.05, 4.69) is 49.4 Å². The number of hydrogen-bond donors (Lipinski definition) is 0. The van der Waals surface area contributed by atoms with Gasteiger partial charge in [0.05, 0.1) is 19.6 Å². The Morgan fingerprint density at radius 3 is 2.74 bits per heavy atom. The van der Waals surface area contributed by atoms with E-state index >= 15 is 0 Å². The number of carbonyl (C=O) groups is 1. The van der Waals surface area contributed by atoms with Gasteiger partial charge in [-0.15, -0.1) is 23.5 Å². The van der Waals surface area contributed by atoms with Crippen LogP contribution in [-0.4, -0.2) is 37.3 Å². The number of benzene rings is 1. The number of thioether (sulfide) groups is 2. The fraction of sp³-hybridized carbons (Fsp3) is 0.545. The van der Waals surface area contributed by atoms with Gasteiger partial charge >= 0.3 is 5.97 Å². The van der Waals surface area contributed by atoms with Gasteiger partial charge in [0.1, 0.15) is 0 Å². The zero-order chi connectivity index (χ0) is 19.5. The van der Waals surface area contributed by atoms with Gasteiger partial charge < -0.3 is 4.74 Å². The van der Waals surface area contributed by atoms with E-state index in [1.54, 1.807) is 23.5 Å². The molecule has 1 aromatic rings. The number of unbranched alkanes of at least 4 members (excludes halogenated alkanes) is 1. The molecular formula is C22H31NO2S2. The summed E-state index contributed by atoms with van der Waals surface area (Å²) in [6.45, 7) is 5.71. The summed E-state index contributed by atoms with van der Waals surface area (Å²) in [6, 6.07) is 6.58. The number of aliphatic imine (C=N–C) groups is 1. The smallest absolute Gasteiger partial charge is 0.306 e. The molecular weight excluding hydrogens is 374 g/mol. The molecule has 3 nitrogen and oxygen atoms in total. The van der Waals surface area contributed by atoms with E-state index in [9.17, 15) is 4.79 Å². The fourth-order valence-corrected chi connectivity index (χ4v) is 4.41. The van der Waals surface area contributed by atoms with Crippen molar-refractivity contribution in [3.8, 4) is 0 Å². The molecule has 1 unspecified atom stereocenters. The first kappa shape index (κ1) is 22.1. The van der Waals surface area contributed by atoms with E-state index in [0.29, 0.717) is 18.9 Å². The Labute approximate surface area is 172 Å². The maximum absolute atomic E-state index is 12.1. The topological polar surface area (TPSA) is 38.7 Å². The van der Waals surface area contributed by atoms with Crippen molar-refractivity contribution < 1.29 is 9.53 Å². The van der Waals surface area contributed by atoms with Crippen molar-refractivity contribution in [3.63, 3.8) is 0 Å². The Bertz CT molecular complexity index is 670. The van der Waals surface area contributed by atoms with Gasteiger partial charge in [-0.1, -0.05) is 39.2 Å². The standard InChI is InChI=1S/C22H31NO2S2/c1-4-6-7-17(5-2)16-25-22(24)9-11-27-21-13-19(12-20(14-21)26-3)18-8-10-23-15-18/h8,12-15,17H,4-7,9-11,16H2,1-3H3. The summed E-state index contributed by atoms with van der Waals surface area (Å²) in [7, 11) is 0. The molecule has 0 fully saturated rings. The van der Waals surface area contributed by atoms with Gasteiger partial charge in [-0.2, -0.15) is 0 Å². The molecule has 1 aromatic carbocycles. The molecule has 0 spiro atoms. The second-order valence-electron chi connectivity index (χ2n) is 6.75. The molecule has 27 heavy (non-hydrogen) atoms. The van der Waals surface area contributed by atoms with Crippen LogP contribution < -0.4 is 0 Å². The minimum Gasteiger partial charge on any atom is -0.465 e. The van der Waals surface area contributed by atoms with Gasteiger partial charge in [-0.25, -0.2) is 0 Å². The predicted octanol–water partition coefficient (Wildman–Crippen LogP) is 6.12. The van der Waals surface area contributed by atoms with Crippen LogP contribution in [0.3, 0.4) is 0 Å². The van der Waals surface area contributed by atoms with Crippen molar-refractivity contribution in [2.24, 2.45) is 10.9 Å². The maximum atomic E-state index is 12.1. The summed E-state index contributed by atoms with van der Waals surface area (Å²) in [5.74, 6) is 1.17. The van der Waals surface area contributed by atoms with Gasteiger partial charge in [0, 0.05) is 21.8 Å². The van der Waals surface area contributed by atoms with Crippen LogP contribution in [0.4, 0.5) is 0 Å². The fourth-order valence-electron chi connectivity index (χ4n) is 2.92. The van der Waals surface area contributed by atoms with Crippen LogP contribution in [0, 0.1) is 5.92 Å². The zero-order valence-electron chi connectivity index (χ0n) is 16.7. The third kappa shape index (κ3) is 7.74. The van der Waals surface area contributed by atoms with Crippen LogP contribution >= 0.6 is 23.5 Å². The minimum absolute atomic E-state index is 0.0793. The maximum Gasteiger partial charge on any atom is 0.306 e. The summed E-state index contributed by atoms with van der Waals surface area (Å²) in [6.07, 6.45) is 11.3. The van der Waals surface area contributed by atoms with Crippen LogP contribution in [0.1, 0.15) is 51.5 Å². The monoisotopic (exact) mass is 405 g/mol. The molecule has 2 rings (SSSR count). The molecule has 1 atom stereocenters. The van der Waals surface area contributed by atoms with E-state index in [-0.39, 0.29) is 5.97 Å². The third-order valence-corrected chi connectivity index (χ3v) is 6.38. The SMILES string of the molecule is CCCCC(CC)COC(=O)CCSc1cc(SC)cc(C2=CCN=C2)c1. The second kappa shape index (κ2) is 12.3. The largest absolute Gasteiger partial charge is 0.465 e. The van der Waals surface area contributed by atoms with Gasteiger partial charge in [-0.3, -0.25) is 9.79 Å². The van der Waals surface area contributed by atoms with Crippen LogP contribution in [0.25, 0.3) is 5.57 Å². The Morgan fingerprint density at radius 2 is 2.07 bits per heavy atom. The van der Waals surface area contributed by atoms with Crippen LogP contribution in [0.5, 0.6) is 0 Å². The molecule has 148 valence electrons. The van der Waals surface area contributed by atoms with E-state index in [1.165, 1.54) is 33.8 Å². The summed E-state index contributed by atoms with van der Waals surface area (Å²) in [5.41, 5.74) is 2.39. The lowest BCUT2D eigenvalue weighted by atomic mass is 10.0. The first-order chi connectivity index (χ1) is 13.2.